The van der Waals surface area contributed by atoms with E-state index < -0.39 is 10.8 Å². The molecule has 0 aliphatic carbocycles. The summed E-state index contributed by atoms with van der Waals surface area (Å²) >= 11 is 0. The van der Waals surface area contributed by atoms with Crippen molar-refractivity contribution in [3.8, 4) is 5.88 Å². The largest absolute Gasteiger partial charge is 0.481 e. The number of pyridine rings is 1. The first-order valence-corrected chi connectivity index (χ1v) is 7.61. The Morgan fingerprint density at radius 1 is 1.38 bits per heavy atom. The number of benzene rings is 1. The molecule has 6 nitrogen and oxygen atoms in total. The number of nitrogens with one attached hydrogen (secondary N) is 1. The first kappa shape index (κ1) is 13.6. The molecule has 3 N–H and O–H groups in total. The Morgan fingerprint density at radius 3 is 3.05 bits per heavy atom. The molecule has 0 aliphatic heterocycles. The molecule has 108 valence electrons. The van der Waals surface area contributed by atoms with Crippen LogP contribution >= 0.6 is 0 Å². The molecule has 0 bridgehead atoms. The van der Waals surface area contributed by atoms with Crippen LogP contribution in [0.5, 0.6) is 5.88 Å². The summed E-state index contributed by atoms with van der Waals surface area (Å²) < 4.78 is 17.6. The van der Waals surface area contributed by atoms with Crippen molar-refractivity contribution in [3.63, 3.8) is 0 Å². The minimum Gasteiger partial charge on any atom is -0.481 e. The van der Waals surface area contributed by atoms with Crippen LogP contribution in [0.25, 0.3) is 11.0 Å². The van der Waals surface area contributed by atoms with E-state index in [4.69, 9.17) is 10.5 Å². The van der Waals surface area contributed by atoms with Crippen molar-refractivity contribution in [1.29, 1.82) is 0 Å². The number of methoxy groups -OCH3 is 1. The fraction of sp³-hybridized carbons (Fsp3) is 0.143. The van der Waals surface area contributed by atoms with E-state index >= 15 is 0 Å². The maximum atomic E-state index is 12.4. The Balaban J connectivity index is 1.90. The molecule has 2 aromatic heterocycles. The highest BCUT2D eigenvalue weighted by atomic mass is 32.2. The molecule has 3 aromatic rings. The lowest BCUT2D eigenvalue weighted by Gasteiger charge is -2.05. The van der Waals surface area contributed by atoms with Crippen LogP contribution in [0, 0.1) is 0 Å². The van der Waals surface area contributed by atoms with Crippen LogP contribution in [0.1, 0.15) is 5.56 Å². The van der Waals surface area contributed by atoms with Crippen LogP contribution in [0.3, 0.4) is 0 Å². The number of fused-ring (bicyclic) bond motifs is 1. The normalized spacial score (nSPS) is 12.4. The topological polar surface area (TPSA) is 93.9 Å². The molecular formula is C14H14N4O2S. The van der Waals surface area contributed by atoms with Gasteiger partial charge in [0.15, 0.2) is 5.16 Å². The molecule has 1 aromatic carbocycles. The number of aromatic nitrogens is 3. The number of rotatable bonds is 4. The highest BCUT2D eigenvalue weighted by molar-refractivity contribution is 7.84. The number of nitrogen functional groups attached to an aromatic ring is 1. The average Bonchev–Trinajstić information content (AvgIpc) is 2.91. The van der Waals surface area contributed by atoms with Crippen LogP contribution in [0.4, 0.5) is 5.69 Å². The second-order valence-corrected chi connectivity index (χ2v) is 5.85. The van der Waals surface area contributed by atoms with Gasteiger partial charge in [0.2, 0.25) is 5.88 Å². The molecule has 7 heteroatoms. The molecule has 0 amide bonds. The van der Waals surface area contributed by atoms with E-state index in [2.05, 4.69) is 15.0 Å². The Kier molecular flexibility index (Phi) is 3.57. The number of H-pyrrole nitrogens is 1. The van der Waals surface area contributed by atoms with Gasteiger partial charge in [-0.15, -0.1) is 0 Å². The van der Waals surface area contributed by atoms with Gasteiger partial charge in [-0.2, -0.15) is 0 Å². The second-order valence-electron chi connectivity index (χ2n) is 4.48. The summed E-state index contributed by atoms with van der Waals surface area (Å²) in [6, 6.07) is 8.96. The Morgan fingerprint density at radius 2 is 2.24 bits per heavy atom. The predicted molar refractivity (Wildman–Crippen MR) is 81.4 cm³/mol. The van der Waals surface area contributed by atoms with Crippen molar-refractivity contribution in [2.24, 2.45) is 0 Å². The van der Waals surface area contributed by atoms with E-state index in [1.54, 1.807) is 37.6 Å². The van der Waals surface area contributed by atoms with E-state index in [0.717, 1.165) is 16.6 Å². The third-order valence-electron chi connectivity index (χ3n) is 3.03. The lowest BCUT2D eigenvalue weighted by molar-refractivity contribution is 0.394. The standard InChI is InChI=1S/C14H14N4O2S/c1-20-13-9(3-2-6-16-13)8-21(19)14-17-11-5-4-10(15)7-12(11)18-14/h2-7H,8,15H2,1H3,(H,17,18). The van der Waals surface area contributed by atoms with E-state index in [1.165, 1.54) is 0 Å². The van der Waals surface area contributed by atoms with Gasteiger partial charge in [-0.1, -0.05) is 6.07 Å². The lowest BCUT2D eigenvalue weighted by atomic mass is 10.3. The van der Waals surface area contributed by atoms with Gasteiger partial charge in [-0.3, -0.25) is 4.21 Å². The van der Waals surface area contributed by atoms with Crippen molar-refractivity contribution in [2.75, 3.05) is 12.8 Å². The van der Waals surface area contributed by atoms with E-state index in [1.807, 2.05) is 6.07 Å². The number of hydrogen-bond donors (Lipinski definition) is 2. The van der Waals surface area contributed by atoms with Crippen LogP contribution in [0.15, 0.2) is 41.7 Å². The van der Waals surface area contributed by atoms with Crippen LogP contribution in [-0.2, 0) is 16.6 Å². The summed E-state index contributed by atoms with van der Waals surface area (Å²) in [7, 11) is 0.227. The number of hydrogen-bond acceptors (Lipinski definition) is 5. The van der Waals surface area contributed by atoms with Gasteiger partial charge in [-0.05, 0) is 24.3 Å². The lowest BCUT2D eigenvalue weighted by Crippen LogP contribution is -2.01. The third kappa shape index (κ3) is 2.73. The minimum absolute atomic E-state index is 0.284. The molecule has 0 fully saturated rings. The van der Waals surface area contributed by atoms with E-state index in [-0.39, 0.29) is 5.75 Å². The molecular weight excluding hydrogens is 288 g/mol. The fourth-order valence-corrected chi connectivity index (χ4v) is 3.10. The minimum atomic E-state index is -1.31. The van der Waals surface area contributed by atoms with Gasteiger partial charge in [0.05, 0.1) is 34.7 Å². The predicted octanol–water partition coefficient (Wildman–Crippen LogP) is 1.86. The summed E-state index contributed by atoms with van der Waals surface area (Å²) in [5, 5.41) is 0.418. The Hall–Kier alpha value is -2.41. The number of imidazole rings is 1. The van der Waals surface area contributed by atoms with Crippen molar-refractivity contribution < 1.29 is 8.95 Å². The van der Waals surface area contributed by atoms with Gasteiger partial charge in [0.1, 0.15) is 0 Å². The molecule has 1 atom stereocenters. The zero-order chi connectivity index (χ0) is 14.8. The zero-order valence-corrected chi connectivity index (χ0v) is 12.2. The Bertz CT molecular complexity index is 816. The quantitative estimate of drug-likeness (QED) is 0.717. The van der Waals surface area contributed by atoms with Crippen LogP contribution in [-0.4, -0.2) is 26.3 Å². The van der Waals surface area contributed by atoms with E-state index in [9.17, 15) is 4.21 Å². The summed E-state index contributed by atoms with van der Waals surface area (Å²) in [6.07, 6.45) is 1.63. The maximum absolute atomic E-state index is 12.4. The van der Waals surface area contributed by atoms with Gasteiger partial charge in [-0.25, -0.2) is 9.97 Å². The summed E-state index contributed by atoms with van der Waals surface area (Å²) in [6.45, 7) is 0. The van der Waals surface area contributed by atoms with Gasteiger partial charge in [0, 0.05) is 17.4 Å². The Labute approximate surface area is 123 Å². The molecule has 2 heterocycles. The van der Waals surface area contributed by atoms with Crippen molar-refractivity contribution in [3.05, 3.63) is 42.1 Å². The average molecular weight is 302 g/mol. The smallest absolute Gasteiger partial charge is 0.217 e. The molecule has 21 heavy (non-hydrogen) atoms. The monoisotopic (exact) mass is 302 g/mol. The molecule has 0 aliphatic rings. The number of nitrogens with zero attached hydrogens (tertiary/aromatic N) is 2. The van der Waals surface area contributed by atoms with E-state index in [0.29, 0.717) is 16.7 Å². The highest BCUT2D eigenvalue weighted by Gasteiger charge is 2.14. The fourth-order valence-electron chi connectivity index (χ4n) is 2.04. The molecule has 0 saturated heterocycles. The first-order chi connectivity index (χ1) is 10.2. The number of ether oxygens (including phenoxy) is 1. The number of anilines is 1. The number of aromatic amines is 1. The summed E-state index contributed by atoms with van der Waals surface area (Å²) in [5.41, 5.74) is 8.65. The van der Waals surface area contributed by atoms with Crippen molar-refractivity contribution in [2.45, 2.75) is 10.9 Å². The van der Waals surface area contributed by atoms with Crippen molar-refractivity contribution in [1.82, 2.24) is 15.0 Å². The third-order valence-corrected chi connectivity index (χ3v) is 4.23. The summed E-state index contributed by atoms with van der Waals surface area (Å²) in [5.74, 6) is 0.762. The first-order valence-electron chi connectivity index (χ1n) is 6.29. The summed E-state index contributed by atoms with van der Waals surface area (Å²) in [4.78, 5) is 11.5. The molecule has 3 rings (SSSR count). The van der Waals surface area contributed by atoms with Crippen molar-refractivity contribution >= 4 is 27.5 Å². The molecule has 0 spiro atoms. The SMILES string of the molecule is COc1ncccc1CS(=O)c1nc2ccc(N)cc2[nH]1. The molecule has 0 radical (unpaired) electrons. The van der Waals surface area contributed by atoms with Crippen LogP contribution < -0.4 is 10.5 Å². The van der Waals surface area contributed by atoms with Gasteiger partial charge >= 0.3 is 0 Å². The van der Waals surface area contributed by atoms with Crippen LogP contribution in [0.2, 0.25) is 0 Å². The zero-order valence-electron chi connectivity index (χ0n) is 11.4. The highest BCUT2D eigenvalue weighted by Crippen LogP contribution is 2.20. The second kappa shape index (κ2) is 5.53. The molecule has 0 saturated carbocycles. The number of nitrogens with two attached hydrogens (primary N) is 1. The van der Waals surface area contributed by atoms with Gasteiger partial charge < -0.3 is 15.5 Å². The van der Waals surface area contributed by atoms with Gasteiger partial charge in [0.25, 0.3) is 0 Å². The maximum Gasteiger partial charge on any atom is 0.217 e. The molecule has 1 unspecified atom stereocenters.